The number of benzene rings is 2. The zero-order valence-electron chi connectivity index (χ0n) is 21.3. The van der Waals surface area contributed by atoms with E-state index >= 15 is 0 Å². The van der Waals surface area contributed by atoms with Crippen LogP contribution in [0.5, 0.6) is 5.75 Å². The van der Waals surface area contributed by atoms with Gasteiger partial charge in [-0.2, -0.15) is 0 Å². The molecule has 38 heavy (non-hydrogen) atoms. The Balaban J connectivity index is 1.72. The summed E-state index contributed by atoms with van der Waals surface area (Å²) in [7, 11) is 0. The SMILES string of the molecule is CC1CC(C)CC(N(Cc2ccc(C(=O)NCCC(=O)O)cc2)C(=O)Nc2ccc(OC(F)(F)F)cc2)C1. The van der Waals surface area contributed by atoms with Gasteiger partial charge in [0.1, 0.15) is 5.75 Å². The van der Waals surface area contributed by atoms with E-state index in [1.807, 2.05) is 0 Å². The molecule has 1 aliphatic rings. The monoisotopic (exact) mass is 535 g/mol. The standard InChI is InChI=1S/C27H32F3N3O5/c1-17-13-18(2)15-22(14-17)33(26(37)32-21-7-9-23(10-8-21)38-27(28,29)30)16-19-3-5-20(6-4-19)25(36)31-12-11-24(34)35/h3-10,17-18,22H,11-16H2,1-2H3,(H,31,36)(H,32,37)(H,34,35). The van der Waals surface area contributed by atoms with Crippen LogP contribution in [-0.2, 0) is 11.3 Å². The first-order valence-corrected chi connectivity index (χ1v) is 12.4. The number of carboxylic acid groups (broad SMARTS) is 1. The first-order valence-electron chi connectivity index (χ1n) is 12.4. The van der Waals surface area contributed by atoms with Gasteiger partial charge in [-0.1, -0.05) is 26.0 Å². The Labute approximate surface area is 219 Å². The van der Waals surface area contributed by atoms with Gasteiger partial charge < -0.3 is 25.4 Å². The molecule has 0 spiro atoms. The summed E-state index contributed by atoms with van der Waals surface area (Å²) in [4.78, 5) is 38.0. The molecule has 1 fully saturated rings. The molecule has 2 aromatic rings. The molecule has 1 aliphatic carbocycles. The molecule has 206 valence electrons. The van der Waals surface area contributed by atoms with E-state index in [0.717, 1.165) is 37.0 Å². The maximum absolute atomic E-state index is 13.4. The van der Waals surface area contributed by atoms with Crippen LogP contribution in [0.1, 0.15) is 55.5 Å². The number of ether oxygens (including phenoxy) is 1. The van der Waals surface area contributed by atoms with E-state index in [9.17, 15) is 27.6 Å². The van der Waals surface area contributed by atoms with Crippen molar-refractivity contribution in [3.63, 3.8) is 0 Å². The molecule has 0 aliphatic heterocycles. The molecule has 0 bridgehead atoms. The number of anilines is 1. The molecular weight excluding hydrogens is 503 g/mol. The van der Waals surface area contributed by atoms with Gasteiger partial charge in [-0.15, -0.1) is 13.2 Å². The molecule has 2 unspecified atom stereocenters. The molecule has 8 nitrogen and oxygen atoms in total. The molecule has 2 aromatic carbocycles. The van der Waals surface area contributed by atoms with Crippen molar-refractivity contribution in [3.05, 3.63) is 59.7 Å². The second kappa shape index (κ2) is 12.7. The minimum absolute atomic E-state index is 0.0191. The first-order chi connectivity index (χ1) is 17.9. The Morgan fingerprint density at radius 1 is 0.974 bits per heavy atom. The molecule has 3 rings (SSSR count). The van der Waals surface area contributed by atoms with Crippen molar-refractivity contribution in [1.29, 1.82) is 0 Å². The maximum Gasteiger partial charge on any atom is 0.573 e. The van der Waals surface area contributed by atoms with E-state index in [-0.39, 0.29) is 43.2 Å². The number of hydrogen-bond acceptors (Lipinski definition) is 4. The summed E-state index contributed by atoms with van der Waals surface area (Å²) in [6, 6.07) is 11.3. The molecule has 0 saturated heterocycles. The third-order valence-corrected chi connectivity index (χ3v) is 6.39. The lowest BCUT2D eigenvalue weighted by atomic mass is 9.80. The average Bonchev–Trinajstić information content (AvgIpc) is 2.82. The number of amides is 3. The van der Waals surface area contributed by atoms with Crippen molar-refractivity contribution in [3.8, 4) is 5.75 Å². The molecule has 3 N–H and O–H groups in total. The highest BCUT2D eigenvalue weighted by molar-refractivity contribution is 5.94. The summed E-state index contributed by atoms with van der Waals surface area (Å²) in [5.74, 6) is -0.921. The highest BCUT2D eigenvalue weighted by Crippen LogP contribution is 2.33. The first kappa shape index (κ1) is 28.8. The van der Waals surface area contributed by atoms with E-state index in [0.29, 0.717) is 23.1 Å². The number of carbonyl (C=O) groups excluding carboxylic acids is 2. The van der Waals surface area contributed by atoms with Gasteiger partial charge >= 0.3 is 18.4 Å². The summed E-state index contributed by atoms with van der Waals surface area (Å²) >= 11 is 0. The lowest BCUT2D eigenvalue weighted by molar-refractivity contribution is -0.274. The number of alkyl halides is 3. The summed E-state index contributed by atoms with van der Waals surface area (Å²) < 4.78 is 41.2. The normalized spacial score (nSPS) is 19.3. The van der Waals surface area contributed by atoms with Gasteiger partial charge in [0.05, 0.1) is 6.42 Å². The second-order valence-corrected chi connectivity index (χ2v) is 9.80. The second-order valence-electron chi connectivity index (χ2n) is 9.80. The van der Waals surface area contributed by atoms with Crippen LogP contribution in [0.4, 0.5) is 23.7 Å². The number of carboxylic acids is 1. The highest BCUT2D eigenvalue weighted by Gasteiger charge is 2.32. The van der Waals surface area contributed by atoms with E-state index in [1.165, 1.54) is 12.1 Å². The molecule has 1 saturated carbocycles. The third-order valence-electron chi connectivity index (χ3n) is 6.39. The Kier molecular flexibility index (Phi) is 9.60. The van der Waals surface area contributed by atoms with Gasteiger partial charge in [0, 0.05) is 30.4 Å². The summed E-state index contributed by atoms with van der Waals surface area (Å²) in [6.07, 6.45) is -2.27. The quantitative estimate of drug-likeness (QED) is 0.385. The predicted octanol–water partition coefficient (Wildman–Crippen LogP) is 5.65. The predicted molar refractivity (Wildman–Crippen MR) is 135 cm³/mol. The Morgan fingerprint density at radius 3 is 2.13 bits per heavy atom. The van der Waals surface area contributed by atoms with E-state index in [2.05, 4.69) is 29.2 Å². The molecule has 0 heterocycles. The number of urea groups is 1. The summed E-state index contributed by atoms with van der Waals surface area (Å²) in [6.45, 7) is 4.59. The fourth-order valence-electron chi connectivity index (χ4n) is 4.80. The summed E-state index contributed by atoms with van der Waals surface area (Å²) in [5.41, 5.74) is 1.50. The van der Waals surface area contributed by atoms with Crippen LogP contribution in [0.2, 0.25) is 0 Å². The van der Waals surface area contributed by atoms with Crippen LogP contribution in [0, 0.1) is 11.8 Å². The number of nitrogens with zero attached hydrogens (tertiary/aromatic N) is 1. The average molecular weight is 536 g/mol. The number of carbonyl (C=O) groups is 3. The lowest BCUT2D eigenvalue weighted by Gasteiger charge is -2.39. The minimum Gasteiger partial charge on any atom is -0.481 e. The zero-order chi connectivity index (χ0) is 27.9. The third kappa shape index (κ3) is 8.97. The van der Waals surface area contributed by atoms with Crippen LogP contribution < -0.4 is 15.4 Å². The Morgan fingerprint density at radius 2 is 1.58 bits per heavy atom. The van der Waals surface area contributed by atoms with Gasteiger partial charge in [0.15, 0.2) is 0 Å². The van der Waals surface area contributed by atoms with Crippen molar-refractivity contribution in [2.45, 2.75) is 58.5 Å². The maximum atomic E-state index is 13.4. The van der Waals surface area contributed by atoms with E-state index in [4.69, 9.17) is 5.11 Å². The fourth-order valence-corrected chi connectivity index (χ4v) is 4.80. The number of hydrogen-bond donors (Lipinski definition) is 3. The van der Waals surface area contributed by atoms with Gasteiger partial charge in [0.25, 0.3) is 5.91 Å². The number of rotatable bonds is 9. The fraction of sp³-hybridized carbons (Fsp3) is 0.444. The molecule has 2 atom stereocenters. The van der Waals surface area contributed by atoms with Gasteiger partial charge in [0.2, 0.25) is 0 Å². The van der Waals surface area contributed by atoms with Crippen molar-refractivity contribution < 1.29 is 37.4 Å². The van der Waals surface area contributed by atoms with Gasteiger partial charge in [-0.25, -0.2) is 4.79 Å². The van der Waals surface area contributed by atoms with Crippen LogP contribution in [-0.4, -0.2) is 46.9 Å². The van der Waals surface area contributed by atoms with Crippen molar-refractivity contribution in [2.75, 3.05) is 11.9 Å². The number of halogens is 3. The van der Waals surface area contributed by atoms with Crippen molar-refractivity contribution in [2.24, 2.45) is 11.8 Å². The van der Waals surface area contributed by atoms with E-state index in [1.54, 1.807) is 29.2 Å². The highest BCUT2D eigenvalue weighted by atomic mass is 19.4. The van der Waals surface area contributed by atoms with Gasteiger partial charge in [-0.05, 0) is 73.1 Å². The van der Waals surface area contributed by atoms with Crippen LogP contribution in [0.15, 0.2) is 48.5 Å². The zero-order valence-corrected chi connectivity index (χ0v) is 21.3. The lowest BCUT2D eigenvalue weighted by Crippen LogP contribution is -2.45. The van der Waals surface area contributed by atoms with Crippen molar-refractivity contribution in [1.82, 2.24) is 10.2 Å². The molecule has 3 amide bonds. The smallest absolute Gasteiger partial charge is 0.481 e. The molecule has 11 heteroatoms. The van der Waals surface area contributed by atoms with Crippen molar-refractivity contribution >= 4 is 23.6 Å². The van der Waals surface area contributed by atoms with Crippen LogP contribution >= 0.6 is 0 Å². The Hall–Kier alpha value is -3.76. The number of nitrogens with one attached hydrogen (secondary N) is 2. The molecular formula is C27H32F3N3O5. The molecule has 0 radical (unpaired) electrons. The number of aliphatic carboxylic acids is 1. The summed E-state index contributed by atoms with van der Waals surface area (Å²) in [5, 5.41) is 14.0. The van der Waals surface area contributed by atoms with Gasteiger partial charge in [-0.3, -0.25) is 9.59 Å². The topological polar surface area (TPSA) is 108 Å². The minimum atomic E-state index is -4.80. The largest absolute Gasteiger partial charge is 0.573 e. The molecule has 0 aromatic heterocycles. The Bertz CT molecular complexity index is 1100. The van der Waals surface area contributed by atoms with Crippen LogP contribution in [0.25, 0.3) is 0 Å². The van der Waals surface area contributed by atoms with Crippen LogP contribution in [0.3, 0.4) is 0 Å². The van der Waals surface area contributed by atoms with E-state index < -0.39 is 12.3 Å².